The third-order valence-corrected chi connectivity index (χ3v) is 6.57. The van der Waals surface area contributed by atoms with E-state index in [1.54, 1.807) is 0 Å². The van der Waals surface area contributed by atoms with E-state index in [1.165, 1.54) is 25.0 Å². The fourth-order valence-corrected chi connectivity index (χ4v) is 5.17. The summed E-state index contributed by atoms with van der Waals surface area (Å²) in [5.41, 5.74) is 3.65. The summed E-state index contributed by atoms with van der Waals surface area (Å²) in [5.74, 6) is 3.03. The van der Waals surface area contributed by atoms with Gasteiger partial charge in [-0.3, -0.25) is 0 Å². The first-order valence-electron chi connectivity index (χ1n) is 9.73. The monoisotopic (exact) mass is 360 g/mol. The zero-order valence-corrected chi connectivity index (χ0v) is 16.1. The largest absolute Gasteiger partial charge is 0.378 e. The summed E-state index contributed by atoms with van der Waals surface area (Å²) in [6, 6.07) is 6.40. The van der Waals surface area contributed by atoms with Crippen LogP contribution in [0.15, 0.2) is 30.0 Å². The van der Waals surface area contributed by atoms with E-state index in [4.69, 9.17) is 16.3 Å². The van der Waals surface area contributed by atoms with Crippen molar-refractivity contribution >= 4 is 23.0 Å². The Morgan fingerprint density at radius 3 is 2.72 bits per heavy atom. The standard InChI is InChI=1S/C21H29ClN2O/c1-14-3-5-17-15(2)12-20(18(17)11-14)23-16-4-6-21(19(22)13-16)24-7-9-25-10-8-24/h4,6,12-15,17-18,23H,3,5,7-11H2,1-2H3/t14-,15?,17+,18-/m1/s1. The summed E-state index contributed by atoms with van der Waals surface area (Å²) in [6.45, 7) is 8.15. The highest BCUT2D eigenvalue weighted by molar-refractivity contribution is 6.33. The zero-order valence-electron chi connectivity index (χ0n) is 15.3. The van der Waals surface area contributed by atoms with Crippen LogP contribution in [0.1, 0.15) is 33.1 Å². The molecule has 0 amide bonds. The maximum absolute atomic E-state index is 6.60. The van der Waals surface area contributed by atoms with Gasteiger partial charge in [-0.1, -0.05) is 37.9 Å². The molecule has 4 heteroatoms. The van der Waals surface area contributed by atoms with Gasteiger partial charge in [0.2, 0.25) is 0 Å². The Labute approximate surface area is 156 Å². The minimum atomic E-state index is 0.683. The Hall–Kier alpha value is -1.19. The van der Waals surface area contributed by atoms with Gasteiger partial charge in [-0.05, 0) is 48.8 Å². The molecule has 1 saturated heterocycles. The van der Waals surface area contributed by atoms with Crippen LogP contribution in [0.4, 0.5) is 11.4 Å². The predicted molar refractivity (Wildman–Crippen MR) is 105 cm³/mol. The van der Waals surface area contributed by atoms with Crippen LogP contribution in [0.5, 0.6) is 0 Å². The van der Waals surface area contributed by atoms with Crippen molar-refractivity contribution in [2.75, 3.05) is 36.5 Å². The second kappa shape index (κ2) is 7.20. The predicted octanol–water partition coefficient (Wildman–Crippen LogP) is 5.17. The summed E-state index contributed by atoms with van der Waals surface area (Å²) in [6.07, 6.45) is 6.52. The van der Waals surface area contributed by atoms with E-state index in [-0.39, 0.29) is 0 Å². The molecular weight excluding hydrogens is 332 g/mol. The summed E-state index contributed by atoms with van der Waals surface area (Å²) in [7, 11) is 0. The molecule has 0 bridgehead atoms. The van der Waals surface area contributed by atoms with Gasteiger partial charge < -0.3 is 15.0 Å². The molecule has 1 aromatic rings. The fraction of sp³-hybridized carbons (Fsp3) is 0.619. The van der Waals surface area contributed by atoms with Gasteiger partial charge in [-0.2, -0.15) is 0 Å². The lowest BCUT2D eigenvalue weighted by Crippen LogP contribution is -2.36. The number of hydrogen-bond donors (Lipinski definition) is 1. The highest BCUT2D eigenvalue weighted by atomic mass is 35.5. The highest BCUT2D eigenvalue weighted by Crippen LogP contribution is 2.47. The molecule has 3 nitrogen and oxygen atoms in total. The lowest BCUT2D eigenvalue weighted by molar-refractivity contribution is 0.122. The second-order valence-corrected chi connectivity index (χ2v) is 8.47. The van der Waals surface area contributed by atoms with Gasteiger partial charge in [-0.25, -0.2) is 0 Å². The third kappa shape index (κ3) is 3.54. The number of nitrogens with zero attached hydrogens (tertiary/aromatic N) is 1. The Bertz CT molecular complexity index is 653. The van der Waals surface area contributed by atoms with Gasteiger partial charge >= 0.3 is 0 Å². The average Bonchev–Trinajstić information content (AvgIpc) is 2.91. The van der Waals surface area contributed by atoms with Crippen molar-refractivity contribution in [3.8, 4) is 0 Å². The number of ether oxygens (including phenoxy) is 1. The van der Waals surface area contributed by atoms with Crippen LogP contribution in [-0.4, -0.2) is 26.3 Å². The quantitative estimate of drug-likeness (QED) is 0.804. The van der Waals surface area contributed by atoms with Gasteiger partial charge in [-0.15, -0.1) is 0 Å². The SMILES string of the molecule is CC1C=C(Nc2ccc(N3CCOCC3)c(Cl)c2)[C@@H]2C[C@H](C)CC[C@@H]12. The van der Waals surface area contributed by atoms with Crippen molar-refractivity contribution in [1.29, 1.82) is 0 Å². The van der Waals surface area contributed by atoms with E-state index in [9.17, 15) is 0 Å². The van der Waals surface area contributed by atoms with E-state index in [0.717, 1.165) is 54.5 Å². The Morgan fingerprint density at radius 2 is 1.96 bits per heavy atom. The van der Waals surface area contributed by atoms with Crippen molar-refractivity contribution in [2.24, 2.45) is 23.7 Å². The molecule has 0 radical (unpaired) electrons. The van der Waals surface area contributed by atoms with Crippen LogP contribution in [0.2, 0.25) is 5.02 Å². The van der Waals surface area contributed by atoms with E-state index >= 15 is 0 Å². The summed E-state index contributed by atoms with van der Waals surface area (Å²) < 4.78 is 5.44. The molecule has 0 spiro atoms. The molecule has 1 aromatic carbocycles. The average molecular weight is 361 g/mol. The first-order valence-corrected chi connectivity index (χ1v) is 10.1. The Morgan fingerprint density at radius 1 is 1.16 bits per heavy atom. The molecule has 1 aliphatic heterocycles. The second-order valence-electron chi connectivity index (χ2n) is 8.06. The molecule has 2 fully saturated rings. The molecule has 0 aromatic heterocycles. The molecule has 1 saturated carbocycles. The maximum Gasteiger partial charge on any atom is 0.0660 e. The Balaban J connectivity index is 1.49. The molecule has 3 aliphatic rings. The highest BCUT2D eigenvalue weighted by Gasteiger charge is 2.38. The van der Waals surface area contributed by atoms with Crippen molar-refractivity contribution in [3.63, 3.8) is 0 Å². The molecular formula is C21H29ClN2O. The molecule has 1 N–H and O–H groups in total. The van der Waals surface area contributed by atoms with Crippen LogP contribution >= 0.6 is 11.6 Å². The summed E-state index contributed by atoms with van der Waals surface area (Å²) >= 11 is 6.60. The van der Waals surface area contributed by atoms with Crippen molar-refractivity contribution in [3.05, 3.63) is 35.0 Å². The molecule has 1 heterocycles. The van der Waals surface area contributed by atoms with E-state index in [2.05, 4.69) is 48.3 Å². The number of benzene rings is 1. The minimum absolute atomic E-state index is 0.683. The molecule has 136 valence electrons. The number of halogens is 1. The Kier molecular flexibility index (Phi) is 4.97. The smallest absolute Gasteiger partial charge is 0.0660 e. The van der Waals surface area contributed by atoms with E-state index < -0.39 is 0 Å². The summed E-state index contributed by atoms with van der Waals surface area (Å²) in [5, 5.41) is 4.52. The zero-order chi connectivity index (χ0) is 17.4. The molecule has 4 rings (SSSR count). The van der Waals surface area contributed by atoms with Crippen LogP contribution in [0, 0.1) is 23.7 Å². The molecule has 4 atom stereocenters. The number of fused-ring (bicyclic) bond motifs is 1. The fourth-order valence-electron chi connectivity index (χ4n) is 4.87. The van der Waals surface area contributed by atoms with Crippen molar-refractivity contribution in [2.45, 2.75) is 33.1 Å². The lowest BCUT2D eigenvalue weighted by Gasteiger charge is -2.34. The number of allylic oxidation sites excluding steroid dienone is 2. The number of hydrogen-bond acceptors (Lipinski definition) is 3. The summed E-state index contributed by atoms with van der Waals surface area (Å²) in [4.78, 5) is 2.31. The normalized spacial score (nSPS) is 32.3. The minimum Gasteiger partial charge on any atom is -0.378 e. The number of rotatable bonds is 3. The van der Waals surface area contributed by atoms with Crippen LogP contribution in [-0.2, 0) is 4.74 Å². The van der Waals surface area contributed by atoms with Crippen LogP contribution in [0.25, 0.3) is 0 Å². The van der Waals surface area contributed by atoms with Gasteiger partial charge in [0, 0.05) is 30.4 Å². The number of anilines is 2. The van der Waals surface area contributed by atoms with Gasteiger partial charge in [0.25, 0.3) is 0 Å². The van der Waals surface area contributed by atoms with Crippen LogP contribution in [0.3, 0.4) is 0 Å². The number of morpholine rings is 1. The molecule has 25 heavy (non-hydrogen) atoms. The maximum atomic E-state index is 6.60. The van der Waals surface area contributed by atoms with Crippen LogP contribution < -0.4 is 10.2 Å². The van der Waals surface area contributed by atoms with Gasteiger partial charge in [0.15, 0.2) is 0 Å². The van der Waals surface area contributed by atoms with E-state index in [0.29, 0.717) is 11.8 Å². The molecule has 1 unspecified atom stereocenters. The molecule has 2 aliphatic carbocycles. The number of nitrogens with one attached hydrogen (secondary N) is 1. The third-order valence-electron chi connectivity index (χ3n) is 6.27. The van der Waals surface area contributed by atoms with Gasteiger partial charge in [0.05, 0.1) is 23.9 Å². The van der Waals surface area contributed by atoms with Gasteiger partial charge in [0.1, 0.15) is 0 Å². The van der Waals surface area contributed by atoms with E-state index in [1.807, 2.05) is 0 Å². The topological polar surface area (TPSA) is 24.5 Å². The lowest BCUT2D eigenvalue weighted by atomic mass is 9.73. The first-order chi connectivity index (χ1) is 12.1. The first kappa shape index (κ1) is 17.2. The van der Waals surface area contributed by atoms with Crippen molar-refractivity contribution < 1.29 is 4.74 Å². The van der Waals surface area contributed by atoms with Crippen molar-refractivity contribution in [1.82, 2.24) is 0 Å².